The lowest BCUT2D eigenvalue weighted by Gasteiger charge is -2.20. The molecule has 0 spiro atoms. The summed E-state index contributed by atoms with van der Waals surface area (Å²) in [6.45, 7) is 2.81. The molecule has 2 rings (SSSR count). The van der Waals surface area contributed by atoms with E-state index in [-0.39, 0.29) is 0 Å². The molecular weight excluding hydrogens is 202 g/mol. The summed E-state index contributed by atoms with van der Waals surface area (Å²) in [6.07, 6.45) is 4.62. The molecule has 0 aromatic carbocycles. The molecule has 0 aliphatic carbocycles. The SMILES string of the molecule is CN(Cc1ccc(N)nc1)CC1CCCO1. The van der Waals surface area contributed by atoms with E-state index >= 15 is 0 Å². The highest BCUT2D eigenvalue weighted by atomic mass is 16.5. The number of rotatable bonds is 4. The molecule has 1 fully saturated rings. The Morgan fingerprint density at radius 3 is 3.06 bits per heavy atom. The molecule has 1 aromatic rings. The van der Waals surface area contributed by atoms with E-state index in [9.17, 15) is 0 Å². The molecule has 1 aliphatic rings. The van der Waals surface area contributed by atoms with E-state index in [1.54, 1.807) is 0 Å². The number of ether oxygens (including phenoxy) is 1. The van der Waals surface area contributed by atoms with Gasteiger partial charge in [0.1, 0.15) is 5.82 Å². The minimum absolute atomic E-state index is 0.409. The molecule has 0 radical (unpaired) electrons. The highest BCUT2D eigenvalue weighted by Gasteiger charge is 2.17. The lowest BCUT2D eigenvalue weighted by Crippen LogP contribution is -2.28. The van der Waals surface area contributed by atoms with Crippen LogP contribution in [0.4, 0.5) is 5.82 Å². The molecule has 0 bridgehead atoms. The van der Waals surface area contributed by atoms with Crippen molar-refractivity contribution in [3.8, 4) is 0 Å². The maximum absolute atomic E-state index is 5.60. The van der Waals surface area contributed by atoms with Gasteiger partial charge in [-0.3, -0.25) is 4.90 Å². The Morgan fingerprint density at radius 1 is 1.56 bits per heavy atom. The summed E-state index contributed by atoms with van der Waals surface area (Å²) in [5.41, 5.74) is 6.73. The number of likely N-dealkylation sites (N-methyl/N-ethyl adjacent to an activating group) is 1. The maximum Gasteiger partial charge on any atom is 0.123 e. The quantitative estimate of drug-likeness (QED) is 0.832. The van der Waals surface area contributed by atoms with Crippen LogP contribution in [0.1, 0.15) is 18.4 Å². The molecule has 2 heterocycles. The van der Waals surface area contributed by atoms with Crippen molar-refractivity contribution in [3.05, 3.63) is 23.9 Å². The average molecular weight is 221 g/mol. The van der Waals surface area contributed by atoms with Crippen LogP contribution in [0, 0.1) is 0 Å². The Hall–Kier alpha value is -1.13. The third-order valence-corrected chi connectivity index (χ3v) is 2.84. The Labute approximate surface area is 96.4 Å². The minimum atomic E-state index is 0.409. The summed E-state index contributed by atoms with van der Waals surface area (Å²) in [5.74, 6) is 0.575. The van der Waals surface area contributed by atoms with Crippen LogP contribution in [0.5, 0.6) is 0 Å². The Bertz CT molecular complexity index is 320. The van der Waals surface area contributed by atoms with Gasteiger partial charge in [-0.15, -0.1) is 0 Å². The summed E-state index contributed by atoms with van der Waals surface area (Å²) in [7, 11) is 2.11. The first-order valence-electron chi connectivity index (χ1n) is 5.74. The number of nitrogens with zero attached hydrogens (tertiary/aromatic N) is 2. The molecule has 1 atom stereocenters. The summed E-state index contributed by atoms with van der Waals surface area (Å²) in [4.78, 5) is 6.35. The molecule has 4 nitrogen and oxygen atoms in total. The lowest BCUT2D eigenvalue weighted by molar-refractivity contribution is 0.0793. The Morgan fingerprint density at radius 2 is 2.44 bits per heavy atom. The van der Waals surface area contributed by atoms with Crippen molar-refractivity contribution in [2.24, 2.45) is 0 Å². The minimum Gasteiger partial charge on any atom is -0.384 e. The van der Waals surface area contributed by atoms with Gasteiger partial charge in [0, 0.05) is 25.9 Å². The van der Waals surface area contributed by atoms with Crippen molar-refractivity contribution >= 4 is 5.82 Å². The second-order valence-electron chi connectivity index (χ2n) is 4.42. The summed E-state index contributed by atoms with van der Waals surface area (Å²) >= 11 is 0. The number of nitrogens with two attached hydrogens (primary N) is 1. The smallest absolute Gasteiger partial charge is 0.123 e. The van der Waals surface area contributed by atoms with Gasteiger partial charge >= 0.3 is 0 Å². The predicted molar refractivity (Wildman–Crippen MR) is 64.0 cm³/mol. The molecule has 1 aromatic heterocycles. The zero-order valence-electron chi connectivity index (χ0n) is 9.72. The third kappa shape index (κ3) is 3.18. The van der Waals surface area contributed by atoms with Gasteiger partial charge in [0.05, 0.1) is 6.10 Å². The van der Waals surface area contributed by atoms with Gasteiger partial charge in [0.2, 0.25) is 0 Å². The first kappa shape index (κ1) is 11.4. The van der Waals surface area contributed by atoms with Crippen molar-refractivity contribution in [2.75, 3.05) is 25.9 Å². The highest BCUT2D eigenvalue weighted by molar-refractivity contribution is 5.29. The average Bonchev–Trinajstić information content (AvgIpc) is 2.74. The second kappa shape index (κ2) is 5.27. The maximum atomic E-state index is 5.60. The Kier molecular flexibility index (Phi) is 3.74. The molecule has 88 valence electrons. The molecule has 1 unspecified atom stereocenters. The second-order valence-corrected chi connectivity index (χ2v) is 4.42. The van der Waals surface area contributed by atoms with E-state index in [1.165, 1.54) is 18.4 Å². The van der Waals surface area contributed by atoms with Gasteiger partial charge in [-0.1, -0.05) is 6.07 Å². The zero-order chi connectivity index (χ0) is 11.4. The number of anilines is 1. The van der Waals surface area contributed by atoms with Crippen LogP contribution in [-0.4, -0.2) is 36.2 Å². The number of aromatic nitrogens is 1. The van der Waals surface area contributed by atoms with Gasteiger partial charge in [-0.25, -0.2) is 4.98 Å². The fourth-order valence-electron chi connectivity index (χ4n) is 2.04. The lowest BCUT2D eigenvalue weighted by atomic mass is 10.2. The van der Waals surface area contributed by atoms with Gasteiger partial charge < -0.3 is 10.5 Å². The number of hydrogen-bond acceptors (Lipinski definition) is 4. The van der Waals surface area contributed by atoms with Crippen LogP contribution in [0.3, 0.4) is 0 Å². The van der Waals surface area contributed by atoms with Gasteiger partial charge in [-0.05, 0) is 31.5 Å². The number of hydrogen-bond donors (Lipinski definition) is 1. The van der Waals surface area contributed by atoms with Crippen molar-refractivity contribution in [2.45, 2.75) is 25.5 Å². The normalized spacial score (nSPS) is 20.5. The zero-order valence-corrected chi connectivity index (χ0v) is 9.72. The van der Waals surface area contributed by atoms with Crippen LogP contribution in [-0.2, 0) is 11.3 Å². The molecule has 16 heavy (non-hydrogen) atoms. The van der Waals surface area contributed by atoms with Crippen molar-refractivity contribution in [1.82, 2.24) is 9.88 Å². The molecular formula is C12H19N3O. The van der Waals surface area contributed by atoms with E-state index in [2.05, 4.69) is 16.9 Å². The molecule has 1 saturated heterocycles. The van der Waals surface area contributed by atoms with E-state index in [4.69, 9.17) is 10.5 Å². The highest BCUT2D eigenvalue weighted by Crippen LogP contribution is 2.14. The van der Waals surface area contributed by atoms with Gasteiger partial charge in [0.25, 0.3) is 0 Å². The molecule has 0 amide bonds. The monoisotopic (exact) mass is 221 g/mol. The fraction of sp³-hybridized carbons (Fsp3) is 0.583. The van der Waals surface area contributed by atoms with Crippen molar-refractivity contribution < 1.29 is 4.74 Å². The van der Waals surface area contributed by atoms with Gasteiger partial charge in [-0.2, -0.15) is 0 Å². The van der Waals surface area contributed by atoms with Crippen molar-refractivity contribution in [1.29, 1.82) is 0 Å². The summed E-state index contributed by atoms with van der Waals surface area (Å²) in [6, 6.07) is 3.86. The Balaban J connectivity index is 1.81. The number of nitrogen functional groups attached to an aromatic ring is 1. The summed E-state index contributed by atoms with van der Waals surface area (Å²) in [5, 5.41) is 0. The molecule has 1 aliphatic heterocycles. The standard InChI is InChI=1S/C12H19N3O/c1-15(9-11-3-2-6-16-11)8-10-4-5-12(13)14-7-10/h4-5,7,11H,2-3,6,8-9H2,1H3,(H2,13,14). The fourth-order valence-corrected chi connectivity index (χ4v) is 2.04. The number of pyridine rings is 1. The van der Waals surface area contributed by atoms with E-state index in [0.29, 0.717) is 11.9 Å². The molecule has 2 N–H and O–H groups in total. The first-order chi connectivity index (χ1) is 7.74. The van der Waals surface area contributed by atoms with Crippen LogP contribution >= 0.6 is 0 Å². The topological polar surface area (TPSA) is 51.4 Å². The van der Waals surface area contributed by atoms with Crippen LogP contribution in [0.2, 0.25) is 0 Å². The van der Waals surface area contributed by atoms with Crippen LogP contribution in [0.15, 0.2) is 18.3 Å². The van der Waals surface area contributed by atoms with E-state index in [1.807, 2.05) is 18.3 Å². The predicted octanol–water partition coefficient (Wildman–Crippen LogP) is 1.27. The first-order valence-corrected chi connectivity index (χ1v) is 5.74. The van der Waals surface area contributed by atoms with Crippen molar-refractivity contribution in [3.63, 3.8) is 0 Å². The van der Waals surface area contributed by atoms with E-state index in [0.717, 1.165) is 19.7 Å². The summed E-state index contributed by atoms with van der Waals surface area (Å²) < 4.78 is 5.60. The largest absolute Gasteiger partial charge is 0.384 e. The van der Waals surface area contributed by atoms with Crippen LogP contribution in [0.25, 0.3) is 0 Å². The van der Waals surface area contributed by atoms with Gasteiger partial charge in [0.15, 0.2) is 0 Å². The van der Waals surface area contributed by atoms with Crippen LogP contribution < -0.4 is 5.73 Å². The van der Waals surface area contributed by atoms with E-state index < -0.39 is 0 Å². The molecule has 0 saturated carbocycles. The molecule has 4 heteroatoms. The third-order valence-electron chi connectivity index (χ3n) is 2.84.